The SMILES string of the molecule is FC(F)Oc1ccc(Cl)cc1CN1CCN(c2nc3cnccc3nc2NC2CC2)CC1. The van der Waals surface area contributed by atoms with E-state index in [0.717, 1.165) is 61.7 Å². The molecular formula is C22H23ClF2N6O. The maximum absolute atomic E-state index is 12.8. The number of piperazine rings is 1. The van der Waals surface area contributed by atoms with E-state index in [2.05, 4.69) is 24.8 Å². The molecule has 7 nitrogen and oxygen atoms in total. The van der Waals surface area contributed by atoms with Crippen LogP contribution in [0.2, 0.25) is 5.02 Å². The van der Waals surface area contributed by atoms with E-state index in [1.165, 1.54) is 6.07 Å². The number of rotatable bonds is 7. The highest BCUT2D eigenvalue weighted by Crippen LogP contribution is 2.32. The topological polar surface area (TPSA) is 66.4 Å². The number of anilines is 2. The van der Waals surface area contributed by atoms with E-state index < -0.39 is 6.61 Å². The molecule has 10 heteroatoms. The van der Waals surface area contributed by atoms with Gasteiger partial charge in [-0.3, -0.25) is 9.88 Å². The Morgan fingerprint density at radius 2 is 1.91 bits per heavy atom. The highest BCUT2D eigenvalue weighted by atomic mass is 35.5. The van der Waals surface area contributed by atoms with E-state index in [0.29, 0.717) is 23.2 Å². The molecular weight excluding hydrogens is 438 g/mol. The molecule has 1 N–H and O–H groups in total. The van der Waals surface area contributed by atoms with Gasteiger partial charge in [-0.2, -0.15) is 8.78 Å². The van der Waals surface area contributed by atoms with Crippen LogP contribution in [0.15, 0.2) is 36.7 Å². The Hall–Kier alpha value is -2.78. The number of halogens is 3. The summed E-state index contributed by atoms with van der Waals surface area (Å²) >= 11 is 6.09. The monoisotopic (exact) mass is 460 g/mol. The van der Waals surface area contributed by atoms with Crippen LogP contribution in [0.4, 0.5) is 20.4 Å². The molecule has 1 aliphatic carbocycles. The summed E-state index contributed by atoms with van der Waals surface area (Å²) in [6.45, 7) is 0.588. The average Bonchev–Trinajstić information content (AvgIpc) is 3.60. The number of ether oxygens (including phenoxy) is 1. The Morgan fingerprint density at radius 3 is 2.66 bits per heavy atom. The van der Waals surface area contributed by atoms with Crippen LogP contribution in [0.25, 0.3) is 11.0 Å². The Balaban J connectivity index is 1.31. The summed E-state index contributed by atoms with van der Waals surface area (Å²) in [5.41, 5.74) is 2.23. The molecule has 0 bridgehead atoms. The predicted molar refractivity (Wildman–Crippen MR) is 120 cm³/mol. The van der Waals surface area contributed by atoms with Crippen molar-refractivity contribution in [1.82, 2.24) is 19.9 Å². The van der Waals surface area contributed by atoms with Gasteiger partial charge in [-0.05, 0) is 37.1 Å². The van der Waals surface area contributed by atoms with E-state index >= 15 is 0 Å². The molecule has 0 unspecified atom stereocenters. The molecule has 32 heavy (non-hydrogen) atoms. The van der Waals surface area contributed by atoms with Crippen LogP contribution in [0.1, 0.15) is 18.4 Å². The minimum Gasteiger partial charge on any atom is -0.434 e. The zero-order chi connectivity index (χ0) is 22.1. The maximum atomic E-state index is 12.8. The van der Waals surface area contributed by atoms with Crippen LogP contribution in [0.3, 0.4) is 0 Å². The normalized spacial score (nSPS) is 17.2. The van der Waals surface area contributed by atoms with Crippen LogP contribution in [0, 0.1) is 0 Å². The molecule has 2 fully saturated rings. The lowest BCUT2D eigenvalue weighted by atomic mass is 10.1. The molecule has 2 aromatic heterocycles. The van der Waals surface area contributed by atoms with Crippen LogP contribution in [-0.2, 0) is 6.54 Å². The first-order valence-electron chi connectivity index (χ1n) is 10.6. The van der Waals surface area contributed by atoms with Crippen molar-refractivity contribution >= 4 is 34.3 Å². The Bertz CT molecular complexity index is 1100. The lowest BCUT2D eigenvalue weighted by molar-refractivity contribution is -0.0507. The second kappa shape index (κ2) is 8.99. The minimum atomic E-state index is -2.87. The molecule has 1 saturated carbocycles. The van der Waals surface area contributed by atoms with Gasteiger partial charge in [-0.25, -0.2) is 9.97 Å². The number of nitrogens with one attached hydrogen (secondary N) is 1. The number of pyridine rings is 1. The summed E-state index contributed by atoms with van der Waals surface area (Å²) in [4.78, 5) is 18.2. The molecule has 0 radical (unpaired) electrons. The Labute approximate surface area is 189 Å². The average molecular weight is 461 g/mol. The highest BCUT2D eigenvalue weighted by molar-refractivity contribution is 6.30. The quantitative estimate of drug-likeness (QED) is 0.567. The number of nitrogens with zero attached hydrogens (tertiary/aromatic N) is 5. The third-order valence-corrected chi connectivity index (χ3v) is 5.91. The zero-order valence-corrected chi connectivity index (χ0v) is 18.1. The van der Waals surface area contributed by atoms with Gasteiger partial charge in [0.15, 0.2) is 11.6 Å². The number of hydrogen-bond acceptors (Lipinski definition) is 7. The fourth-order valence-electron chi connectivity index (χ4n) is 3.88. The first kappa shape index (κ1) is 21.1. The number of fused-ring (bicyclic) bond motifs is 1. The zero-order valence-electron chi connectivity index (χ0n) is 17.3. The highest BCUT2D eigenvalue weighted by Gasteiger charge is 2.27. The van der Waals surface area contributed by atoms with E-state index in [-0.39, 0.29) is 5.75 Å². The third-order valence-electron chi connectivity index (χ3n) is 5.67. The van der Waals surface area contributed by atoms with Crippen molar-refractivity contribution in [2.24, 2.45) is 0 Å². The summed E-state index contributed by atoms with van der Waals surface area (Å²) in [6.07, 6.45) is 5.74. The van der Waals surface area contributed by atoms with Gasteiger partial charge < -0.3 is 15.0 Å². The van der Waals surface area contributed by atoms with E-state index in [4.69, 9.17) is 21.6 Å². The van der Waals surface area contributed by atoms with Crippen molar-refractivity contribution in [3.63, 3.8) is 0 Å². The van der Waals surface area contributed by atoms with Gasteiger partial charge in [0.1, 0.15) is 11.3 Å². The summed E-state index contributed by atoms with van der Waals surface area (Å²) in [6, 6.07) is 7.06. The summed E-state index contributed by atoms with van der Waals surface area (Å²) < 4.78 is 30.2. The van der Waals surface area contributed by atoms with E-state index in [1.54, 1.807) is 24.5 Å². The number of hydrogen-bond donors (Lipinski definition) is 1. The Kier molecular flexibility index (Phi) is 5.93. The smallest absolute Gasteiger partial charge is 0.387 e. The molecule has 1 saturated heterocycles. The van der Waals surface area contributed by atoms with Crippen molar-refractivity contribution in [3.05, 3.63) is 47.2 Å². The van der Waals surface area contributed by atoms with Gasteiger partial charge in [0.05, 0.1) is 11.7 Å². The third kappa shape index (κ3) is 4.83. The van der Waals surface area contributed by atoms with Gasteiger partial charge in [0, 0.05) is 55.5 Å². The second-order valence-corrected chi connectivity index (χ2v) is 8.51. The van der Waals surface area contributed by atoms with Crippen molar-refractivity contribution in [2.45, 2.75) is 32.0 Å². The largest absolute Gasteiger partial charge is 0.434 e. The first-order valence-corrected chi connectivity index (χ1v) is 11.0. The lowest BCUT2D eigenvalue weighted by Gasteiger charge is -2.36. The minimum absolute atomic E-state index is 0.163. The van der Waals surface area contributed by atoms with Gasteiger partial charge in [0.25, 0.3) is 0 Å². The maximum Gasteiger partial charge on any atom is 0.387 e. The van der Waals surface area contributed by atoms with Crippen LogP contribution < -0.4 is 15.0 Å². The van der Waals surface area contributed by atoms with Crippen LogP contribution >= 0.6 is 11.6 Å². The lowest BCUT2D eigenvalue weighted by Crippen LogP contribution is -2.46. The van der Waals surface area contributed by atoms with Crippen molar-refractivity contribution in [1.29, 1.82) is 0 Å². The van der Waals surface area contributed by atoms with Gasteiger partial charge in [-0.15, -0.1) is 0 Å². The number of benzene rings is 1. The summed E-state index contributed by atoms with van der Waals surface area (Å²) in [5, 5.41) is 4.00. The van der Waals surface area contributed by atoms with E-state index in [9.17, 15) is 8.78 Å². The fraction of sp³-hybridized carbons (Fsp3) is 0.409. The summed E-state index contributed by atoms with van der Waals surface area (Å²) in [5.74, 6) is 1.80. The van der Waals surface area contributed by atoms with Crippen molar-refractivity contribution in [3.8, 4) is 5.75 Å². The first-order chi connectivity index (χ1) is 15.5. The number of aromatic nitrogens is 3. The van der Waals surface area contributed by atoms with E-state index in [1.807, 2.05) is 6.07 Å². The Morgan fingerprint density at radius 1 is 1.09 bits per heavy atom. The molecule has 3 heterocycles. The molecule has 0 spiro atoms. The fourth-order valence-corrected chi connectivity index (χ4v) is 4.07. The summed E-state index contributed by atoms with van der Waals surface area (Å²) in [7, 11) is 0. The van der Waals surface area contributed by atoms with Gasteiger partial charge in [-0.1, -0.05) is 11.6 Å². The van der Waals surface area contributed by atoms with Crippen LogP contribution in [-0.4, -0.2) is 58.7 Å². The number of alkyl halides is 2. The van der Waals surface area contributed by atoms with Crippen LogP contribution in [0.5, 0.6) is 5.75 Å². The van der Waals surface area contributed by atoms with Crippen molar-refractivity contribution < 1.29 is 13.5 Å². The molecule has 1 aromatic carbocycles. The molecule has 0 amide bonds. The van der Waals surface area contributed by atoms with Gasteiger partial charge >= 0.3 is 6.61 Å². The molecule has 1 aliphatic heterocycles. The molecule has 3 aromatic rings. The van der Waals surface area contributed by atoms with Crippen molar-refractivity contribution in [2.75, 3.05) is 36.4 Å². The molecule has 0 atom stereocenters. The molecule has 168 valence electrons. The molecule has 2 aliphatic rings. The standard InChI is InChI=1S/C22H23ClF2N6O/c23-15-1-4-19(32-22(24)25)14(11-15)13-30-7-9-31(10-8-30)21-20(27-16-2-3-16)28-17-5-6-26-12-18(17)29-21/h1,4-6,11-12,16,22H,2-3,7-10,13H2,(H,27,28). The molecule has 5 rings (SSSR count). The van der Waals surface area contributed by atoms with Gasteiger partial charge in [0.2, 0.25) is 0 Å². The predicted octanol–water partition coefficient (Wildman–Crippen LogP) is 4.18. The second-order valence-electron chi connectivity index (χ2n) is 8.07.